The molecule has 2 atom stereocenters. The molecule has 0 aromatic heterocycles. The number of carbonyl (C=O) groups excluding carboxylic acids is 2. The number of ether oxygens (including phenoxy) is 3. The maximum atomic E-state index is 13.0. The van der Waals surface area contributed by atoms with Gasteiger partial charge in [0, 0.05) is 0 Å². The first kappa shape index (κ1) is 22.0. The monoisotopic (exact) mass is 383 g/mol. The highest BCUT2D eigenvalue weighted by Crippen LogP contribution is 2.39. The van der Waals surface area contributed by atoms with Crippen molar-refractivity contribution in [2.24, 2.45) is 5.92 Å². The van der Waals surface area contributed by atoms with Crippen LogP contribution in [-0.4, -0.2) is 46.5 Å². The molecule has 0 aromatic carbocycles. The Balaban J connectivity index is 2.28. The molecule has 0 bridgehead atoms. The van der Waals surface area contributed by atoms with Gasteiger partial charge in [0.25, 0.3) is 0 Å². The van der Waals surface area contributed by atoms with Crippen LogP contribution in [0.25, 0.3) is 0 Å². The van der Waals surface area contributed by atoms with Crippen LogP contribution in [-0.2, 0) is 19.0 Å². The van der Waals surface area contributed by atoms with E-state index in [0.29, 0.717) is 5.92 Å². The van der Waals surface area contributed by atoms with Gasteiger partial charge in [-0.3, -0.25) is 4.90 Å². The molecule has 1 aliphatic heterocycles. The molecule has 2 fully saturated rings. The van der Waals surface area contributed by atoms with Crippen molar-refractivity contribution in [2.75, 3.05) is 0 Å². The minimum atomic E-state index is -0.928. The number of rotatable bonds is 4. The third-order valence-corrected chi connectivity index (χ3v) is 5.15. The van der Waals surface area contributed by atoms with E-state index in [0.717, 1.165) is 19.3 Å². The Labute approximate surface area is 163 Å². The van der Waals surface area contributed by atoms with Crippen LogP contribution in [0.1, 0.15) is 87.0 Å². The summed E-state index contributed by atoms with van der Waals surface area (Å²) < 4.78 is 17.1. The lowest BCUT2D eigenvalue weighted by molar-refractivity contribution is -0.165. The van der Waals surface area contributed by atoms with Gasteiger partial charge >= 0.3 is 12.1 Å². The van der Waals surface area contributed by atoms with E-state index in [1.165, 1.54) is 19.3 Å². The normalized spacial score (nSPS) is 26.3. The fourth-order valence-electron chi connectivity index (χ4n) is 4.15. The van der Waals surface area contributed by atoms with E-state index >= 15 is 0 Å². The molecule has 0 radical (unpaired) electrons. The summed E-state index contributed by atoms with van der Waals surface area (Å²) in [5.41, 5.74) is -1.54. The van der Waals surface area contributed by atoms with Crippen molar-refractivity contribution in [3.63, 3.8) is 0 Å². The van der Waals surface area contributed by atoms with Gasteiger partial charge in [-0.05, 0) is 60.8 Å². The zero-order chi connectivity index (χ0) is 20.4. The summed E-state index contributed by atoms with van der Waals surface area (Å²) in [7, 11) is 0. The Morgan fingerprint density at radius 1 is 1.15 bits per heavy atom. The van der Waals surface area contributed by atoms with E-state index in [-0.39, 0.29) is 12.1 Å². The van der Waals surface area contributed by atoms with Crippen molar-refractivity contribution in [1.82, 2.24) is 4.90 Å². The summed E-state index contributed by atoms with van der Waals surface area (Å²) in [6.07, 6.45) is 5.22. The minimum Gasteiger partial charge on any atom is -0.461 e. The van der Waals surface area contributed by atoms with Gasteiger partial charge in [-0.2, -0.15) is 0 Å². The highest BCUT2D eigenvalue weighted by Gasteiger charge is 2.54. The average molecular weight is 384 g/mol. The van der Waals surface area contributed by atoms with Crippen molar-refractivity contribution in [3.05, 3.63) is 0 Å². The van der Waals surface area contributed by atoms with E-state index in [4.69, 9.17) is 14.2 Å². The fourth-order valence-corrected chi connectivity index (χ4v) is 4.15. The van der Waals surface area contributed by atoms with Crippen molar-refractivity contribution in [1.29, 1.82) is 0 Å². The second-order valence-corrected chi connectivity index (χ2v) is 9.63. The standard InChI is InChI=1S/C21H37NO5/c1-14(2)25-18(23)17-16(13-15-11-9-8-10-12-15)22(21(6,7)26-17)19(24)27-20(3,4)5/h14-17H,8-13H2,1-7H3/t16-,17+/m0/s1. The maximum absolute atomic E-state index is 13.0. The molecule has 27 heavy (non-hydrogen) atoms. The van der Waals surface area contributed by atoms with Gasteiger partial charge in [-0.25, -0.2) is 9.59 Å². The predicted octanol–water partition coefficient (Wildman–Crippen LogP) is 4.65. The number of amides is 1. The second-order valence-electron chi connectivity index (χ2n) is 9.63. The summed E-state index contributed by atoms with van der Waals surface area (Å²) in [5, 5.41) is 0. The minimum absolute atomic E-state index is 0.227. The van der Waals surface area contributed by atoms with E-state index in [1.807, 2.05) is 48.5 Å². The van der Waals surface area contributed by atoms with Gasteiger partial charge in [0.05, 0.1) is 12.1 Å². The third-order valence-electron chi connectivity index (χ3n) is 5.15. The topological polar surface area (TPSA) is 65.1 Å². The number of esters is 1. The zero-order valence-corrected chi connectivity index (χ0v) is 18.0. The molecule has 1 aliphatic carbocycles. The smallest absolute Gasteiger partial charge is 0.412 e. The molecule has 6 heteroatoms. The van der Waals surface area contributed by atoms with Gasteiger partial charge < -0.3 is 14.2 Å². The summed E-state index contributed by atoms with van der Waals surface area (Å²) in [5.74, 6) is 0.0884. The Bertz CT molecular complexity index is 531. The van der Waals surface area contributed by atoms with Crippen LogP contribution in [0.3, 0.4) is 0 Å². The maximum Gasteiger partial charge on any atom is 0.412 e. The van der Waals surface area contributed by atoms with E-state index in [2.05, 4.69) is 0 Å². The molecule has 1 saturated carbocycles. The SMILES string of the molecule is CC(C)OC(=O)[C@@H]1OC(C)(C)N(C(=O)OC(C)(C)C)[C@H]1CC1CCCCC1. The molecule has 1 amide bonds. The van der Waals surface area contributed by atoms with Gasteiger partial charge in [-0.1, -0.05) is 32.1 Å². The first-order valence-electron chi connectivity index (χ1n) is 10.3. The molecule has 0 N–H and O–H groups in total. The summed E-state index contributed by atoms with van der Waals surface area (Å²) >= 11 is 0. The Kier molecular flexibility index (Phi) is 6.82. The predicted molar refractivity (Wildman–Crippen MR) is 103 cm³/mol. The average Bonchev–Trinajstić information content (AvgIpc) is 2.77. The Hall–Kier alpha value is -1.30. The number of nitrogens with zero attached hydrogens (tertiary/aromatic N) is 1. The van der Waals surface area contributed by atoms with Crippen LogP contribution in [0.4, 0.5) is 4.79 Å². The Morgan fingerprint density at radius 2 is 1.74 bits per heavy atom. The van der Waals surface area contributed by atoms with Crippen molar-refractivity contribution in [3.8, 4) is 0 Å². The molecule has 6 nitrogen and oxygen atoms in total. The lowest BCUT2D eigenvalue weighted by Gasteiger charge is -2.36. The molecule has 2 rings (SSSR count). The van der Waals surface area contributed by atoms with Crippen LogP contribution in [0, 0.1) is 5.92 Å². The first-order valence-corrected chi connectivity index (χ1v) is 10.3. The van der Waals surface area contributed by atoms with Gasteiger partial charge in [-0.15, -0.1) is 0 Å². The lowest BCUT2D eigenvalue weighted by atomic mass is 9.83. The van der Waals surface area contributed by atoms with Crippen molar-refractivity contribution >= 4 is 12.1 Å². The van der Waals surface area contributed by atoms with Crippen LogP contribution in [0.15, 0.2) is 0 Å². The van der Waals surface area contributed by atoms with Crippen LogP contribution in [0.5, 0.6) is 0 Å². The molecular weight excluding hydrogens is 346 g/mol. The molecule has 0 unspecified atom stereocenters. The highest BCUT2D eigenvalue weighted by atomic mass is 16.6. The van der Waals surface area contributed by atoms with Crippen molar-refractivity contribution < 1.29 is 23.8 Å². The van der Waals surface area contributed by atoms with Crippen LogP contribution < -0.4 is 0 Å². The molecule has 0 aromatic rings. The van der Waals surface area contributed by atoms with Gasteiger partial charge in [0.15, 0.2) is 6.10 Å². The molecule has 2 aliphatic rings. The van der Waals surface area contributed by atoms with Crippen molar-refractivity contribution in [2.45, 2.75) is 117 Å². The highest BCUT2D eigenvalue weighted by molar-refractivity contribution is 5.79. The summed E-state index contributed by atoms with van der Waals surface area (Å²) in [6.45, 7) is 12.8. The number of carbonyl (C=O) groups is 2. The molecule has 156 valence electrons. The third kappa shape index (κ3) is 5.84. The van der Waals surface area contributed by atoms with Crippen LogP contribution >= 0.6 is 0 Å². The molecule has 0 spiro atoms. The fraction of sp³-hybridized carbons (Fsp3) is 0.905. The Morgan fingerprint density at radius 3 is 2.26 bits per heavy atom. The lowest BCUT2D eigenvalue weighted by Crippen LogP contribution is -2.51. The molecule has 1 heterocycles. The van der Waals surface area contributed by atoms with E-state index < -0.39 is 29.5 Å². The largest absolute Gasteiger partial charge is 0.461 e. The zero-order valence-electron chi connectivity index (χ0n) is 18.0. The molecule has 1 saturated heterocycles. The summed E-state index contributed by atoms with van der Waals surface area (Å²) in [6, 6.07) is -0.371. The number of hydrogen-bond donors (Lipinski definition) is 0. The van der Waals surface area contributed by atoms with E-state index in [9.17, 15) is 9.59 Å². The van der Waals surface area contributed by atoms with E-state index in [1.54, 1.807) is 4.90 Å². The summed E-state index contributed by atoms with van der Waals surface area (Å²) in [4.78, 5) is 27.3. The first-order chi connectivity index (χ1) is 12.4. The van der Waals surface area contributed by atoms with Crippen LogP contribution in [0.2, 0.25) is 0 Å². The van der Waals surface area contributed by atoms with Gasteiger partial charge in [0.1, 0.15) is 11.3 Å². The molecular formula is C21H37NO5. The second kappa shape index (κ2) is 8.38. The van der Waals surface area contributed by atoms with Gasteiger partial charge in [0.2, 0.25) is 0 Å². The quantitative estimate of drug-likeness (QED) is 0.661. The number of hydrogen-bond acceptors (Lipinski definition) is 5.